The summed E-state index contributed by atoms with van der Waals surface area (Å²) < 4.78 is 8.12. The van der Waals surface area contributed by atoms with Crippen LogP contribution in [0.4, 0.5) is 0 Å². The first kappa shape index (κ1) is 13.8. The van der Waals surface area contributed by atoms with Crippen molar-refractivity contribution in [1.82, 2.24) is 9.55 Å². The summed E-state index contributed by atoms with van der Waals surface area (Å²) in [7, 11) is 0. The van der Waals surface area contributed by atoms with Crippen molar-refractivity contribution in [2.45, 2.75) is 25.5 Å². The Balaban J connectivity index is 1.83. The molecule has 4 rings (SSSR count). The fourth-order valence-corrected chi connectivity index (χ4v) is 3.25. The fraction of sp³-hybridized carbons (Fsp3) is 0.278. The van der Waals surface area contributed by atoms with Crippen LogP contribution >= 0.6 is 11.6 Å². The van der Waals surface area contributed by atoms with E-state index in [1.807, 2.05) is 24.3 Å². The Hall–Kier alpha value is -1.84. The summed E-state index contributed by atoms with van der Waals surface area (Å²) >= 11 is 6.12. The monoisotopic (exact) mass is 312 g/mol. The largest absolute Gasteiger partial charge is 0.370 e. The van der Waals surface area contributed by atoms with E-state index in [1.54, 1.807) is 0 Å². The van der Waals surface area contributed by atoms with E-state index in [1.165, 1.54) is 5.56 Å². The molecule has 1 aromatic heterocycles. The number of benzene rings is 2. The number of nitrogens with zero attached hydrogens (tertiary/aromatic N) is 2. The summed E-state index contributed by atoms with van der Waals surface area (Å²) in [6, 6.07) is 16.3. The van der Waals surface area contributed by atoms with Gasteiger partial charge in [0.1, 0.15) is 11.9 Å². The highest BCUT2D eigenvalue weighted by Crippen LogP contribution is 2.31. The number of rotatable bonds is 3. The lowest BCUT2D eigenvalue weighted by Gasteiger charge is -2.13. The molecule has 0 saturated carbocycles. The predicted molar refractivity (Wildman–Crippen MR) is 88.2 cm³/mol. The average Bonchev–Trinajstić information content (AvgIpc) is 3.16. The summed E-state index contributed by atoms with van der Waals surface area (Å²) in [6.07, 6.45) is 2.22. The summed E-state index contributed by atoms with van der Waals surface area (Å²) in [5.74, 6) is 1.01. The minimum Gasteiger partial charge on any atom is -0.370 e. The Kier molecular flexibility index (Phi) is 3.60. The van der Waals surface area contributed by atoms with E-state index in [-0.39, 0.29) is 6.10 Å². The second-order valence-corrected chi connectivity index (χ2v) is 6.11. The van der Waals surface area contributed by atoms with Gasteiger partial charge in [0.2, 0.25) is 0 Å². The molecule has 0 radical (unpaired) electrons. The maximum Gasteiger partial charge on any atom is 0.139 e. The molecule has 1 aliphatic heterocycles. The molecule has 3 aromatic rings. The predicted octanol–water partition coefficient (Wildman–Crippen LogP) is 4.59. The Bertz CT molecular complexity index is 791. The lowest BCUT2D eigenvalue weighted by Crippen LogP contribution is -2.09. The van der Waals surface area contributed by atoms with Crippen molar-refractivity contribution in [3.05, 3.63) is 64.9 Å². The van der Waals surface area contributed by atoms with Gasteiger partial charge in [0, 0.05) is 18.2 Å². The molecule has 1 aliphatic rings. The summed E-state index contributed by atoms with van der Waals surface area (Å²) in [4.78, 5) is 4.81. The topological polar surface area (TPSA) is 27.1 Å². The lowest BCUT2D eigenvalue weighted by molar-refractivity contribution is 0.103. The van der Waals surface area contributed by atoms with Crippen molar-refractivity contribution < 1.29 is 4.74 Å². The number of fused-ring (bicyclic) bond motifs is 1. The first-order valence-electron chi connectivity index (χ1n) is 7.62. The van der Waals surface area contributed by atoms with Crippen LogP contribution in [0.2, 0.25) is 5.02 Å². The van der Waals surface area contributed by atoms with E-state index >= 15 is 0 Å². The first-order chi connectivity index (χ1) is 10.8. The van der Waals surface area contributed by atoms with Crippen LogP contribution in [0.15, 0.2) is 48.5 Å². The summed E-state index contributed by atoms with van der Waals surface area (Å²) in [6.45, 7) is 1.62. The van der Waals surface area contributed by atoms with Crippen LogP contribution in [0.1, 0.15) is 30.3 Å². The van der Waals surface area contributed by atoms with Gasteiger partial charge in [-0.1, -0.05) is 41.9 Å². The molecule has 1 fully saturated rings. The van der Waals surface area contributed by atoms with Crippen molar-refractivity contribution >= 4 is 22.6 Å². The first-order valence-corrected chi connectivity index (χ1v) is 8.00. The van der Waals surface area contributed by atoms with Crippen molar-refractivity contribution in [1.29, 1.82) is 0 Å². The average molecular weight is 313 g/mol. The molecule has 1 saturated heterocycles. The number of imidazole rings is 1. The molecule has 3 nitrogen and oxygen atoms in total. The van der Waals surface area contributed by atoms with Gasteiger partial charge in [0.15, 0.2) is 0 Å². The lowest BCUT2D eigenvalue weighted by atomic mass is 10.2. The standard InChI is InChI=1S/C18H17ClN2O/c19-14-8-9-16-15(11-14)20-18(17-7-4-10-22-17)21(16)12-13-5-2-1-3-6-13/h1-3,5-6,8-9,11,17H,4,7,10,12H2. The quantitative estimate of drug-likeness (QED) is 0.707. The van der Waals surface area contributed by atoms with Crippen molar-refractivity contribution in [3.63, 3.8) is 0 Å². The second kappa shape index (κ2) is 5.75. The van der Waals surface area contributed by atoms with Crippen LogP contribution in [-0.4, -0.2) is 16.2 Å². The Labute approximate surface area is 134 Å². The Morgan fingerprint density at radius 3 is 2.82 bits per heavy atom. The number of hydrogen-bond donors (Lipinski definition) is 0. The van der Waals surface area contributed by atoms with E-state index in [9.17, 15) is 0 Å². The van der Waals surface area contributed by atoms with Crippen LogP contribution in [0.5, 0.6) is 0 Å². The van der Waals surface area contributed by atoms with Crippen LogP contribution < -0.4 is 0 Å². The van der Waals surface area contributed by atoms with E-state index in [4.69, 9.17) is 21.3 Å². The third kappa shape index (κ3) is 2.51. The maximum absolute atomic E-state index is 6.12. The van der Waals surface area contributed by atoms with Gasteiger partial charge in [-0.15, -0.1) is 0 Å². The zero-order valence-corrected chi connectivity index (χ0v) is 13.0. The van der Waals surface area contributed by atoms with Crippen molar-refractivity contribution in [3.8, 4) is 0 Å². The molecule has 2 aromatic carbocycles. The SMILES string of the molecule is Clc1ccc2c(c1)nc(C1CCCO1)n2Cc1ccccc1. The molecule has 0 amide bonds. The summed E-state index contributed by atoms with van der Waals surface area (Å²) in [5.41, 5.74) is 3.31. The molecule has 0 bridgehead atoms. The van der Waals surface area contributed by atoms with Gasteiger partial charge in [0.25, 0.3) is 0 Å². The van der Waals surface area contributed by atoms with E-state index in [0.29, 0.717) is 0 Å². The third-order valence-electron chi connectivity index (χ3n) is 4.14. The number of ether oxygens (including phenoxy) is 1. The number of hydrogen-bond acceptors (Lipinski definition) is 2. The third-order valence-corrected chi connectivity index (χ3v) is 4.38. The molecule has 1 atom stereocenters. The molecule has 112 valence electrons. The van der Waals surface area contributed by atoms with Crippen LogP contribution in [0.3, 0.4) is 0 Å². The zero-order valence-electron chi connectivity index (χ0n) is 12.2. The molecule has 22 heavy (non-hydrogen) atoms. The maximum atomic E-state index is 6.12. The zero-order chi connectivity index (χ0) is 14.9. The minimum absolute atomic E-state index is 0.0925. The second-order valence-electron chi connectivity index (χ2n) is 5.68. The fourth-order valence-electron chi connectivity index (χ4n) is 3.08. The van der Waals surface area contributed by atoms with Gasteiger partial charge in [0.05, 0.1) is 11.0 Å². The van der Waals surface area contributed by atoms with Crippen LogP contribution in [-0.2, 0) is 11.3 Å². The molecule has 1 unspecified atom stereocenters. The van der Waals surface area contributed by atoms with Gasteiger partial charge in [-0.25, -0.2) is 4.98 Å². The van der Waals surface area contributed by atoms with Gasteiger partial charge in [-0.05, 0) is 36.6 Å². The highest BCUT2D eigenvalue weighted by molar-refractivity contribution is 6.31. The number of aromatic nitrogens is 2. The van der Waals surface area contributed by atoms with Gasteiger partial charge in [-0.2, -0.15) is 0 Å². The van der Waals surface area contributed by atoms with E-state index in [2.05, 4.69) is 28.8 Å². The van der Waals surface area contributed by atoms with Gasteiger partial charge < -0.3 is 9.30 Å². The smallest absolute Gasteiger partial charge is 0.139 e. The molecule has 4 heteroatoms. The van der Waals surface area contributed by atoms with Crippen LogP contribution in [0.25, 0.3) is 11.0 Å². The highest BCUT2D eigenvalue weighted by atomic mass is 35.5. The van der Waals surface area contributed by atoms with Gasteiger partial charge in [-0.3, -0.25) is 0 Å². The highest BCUT2D eigenvalue weighted by Gasteiger charge is 2.24. The van der Waals surface area contributed by atoms with Gasteiger partial charge >= 0.3 is 0 Å². The number of halogens is 1. The van der Waals surface area contributed by atoms with Crippen LogP contribution in [0, 0.1) is 0 Å². The molecular weight excluding hydrogens is 296 g/mol. The van der Waals surface area contributed by atoms with Crippen molar-refractivity contribution in [2.75, 3.05) is 6.61 Å². The summed E-state index contributed by atoms with van der Waals surface area (Å²) in [5, 5.41) is 0.718. The minimum atomic E-state index is 0.0925. The Morgan fingerprint density at radius 2 is 2.05 bits per heavy atom. The molecular formula is C18H17ClN2O. The molecule has 0 spiro atoms. The normalized spacial score (nSPS) is 18.1. The van der Waals surface area contributed by atoms with Crippen molar-refractivity contribution in [2.24, 2.45) is 0 Å². The van der Waals surface area contributed by atoms with E-state index in [0.717, 1.165) is 47.9 Å². The van der Waals surface area contributed by atoms with E-state index < -0.39 is 0 Å². The molecule has 0 aliphatic carbocycles. The molecule has 0 N–H and O–H groups in total. The Morgan fingerprint density at radius 1 is 1.18 bits per heavy atom. The molecule has 2 heterocycles.